The fourth-order valence-corrected chi connectivity index (χ4v) is 2.98. The SMILES string of the molecule is CCOc1cc(-c2nc(C(=O)NCc3cccc(C(=O)O)n3)c(C(C)N)o2)ccc1OC(F)F.Cl.Cl. The van der Waals surface area contributed by atoms with Crippen LogP contribution in [0, 0.1) is 0 Å². The Morgan fingerprint density at radius 1 is 1.17 bits per heavy atom. The Labute approximate surface area is 217 Å². The van der Waals surface area contributed by atoms with Gasteiger partial charge in [0.25, 0.3) is 5.91 Å². The molecular formula is C22H24Cl2F2N4O6. The number of aromatic carboxylic acids is 1. The van der Waals surface area contributed by atoms with E-state index in [0.717, 1.165) is 0 Å². The monoisotopic (exact) mass is 548 g/mol. The van der Waals surface area contributed by atoms with Gasteiger partial charge < -0.3 is 30.0 Å². The van der Waals surface area contributed by atoms with Gasteiger partial charge in [-0.05, 0) is 44.2 Å². The van der Waals surface area contributed by atoms with E-state index >= 15 is 0 Å². The first-order chi connectivity index (χ1) is 16.2. The maximum absolute atomic E-state index is 12.8. The maximum Gasteiger partial charge on any atom is 0.387 e. The standard InChI is InChI=1S/C22H22F2N4O6.2ClH/c1-3-32-16-9-12(7-8-15(16)33-22(23)24)20-28-17(18(34-20)11(2)25)19(29)26-10-13-5-4-6-14(27-13)21(30)31;;/h4-9,11,22H,3,10,25H2,1-2H3,(H,26,29)(H,30,31);2*1H. The third-order valence-electron chi connectivity index (χ3n) is 4.44. The number of carbonyl (C=O) groups excluding carboxylic acids is 1. The molecule has 0 aliphatic carbocycles. The molecule has 0 saturated heterocycles. The number of oxazole rings is 1. The number of rotatable bonds is 10. The van der Waals surface area contributed by atoms with Crippen molar-refractivity contribution >= 4 is 36.7 Å². The van der Waals surface area contributed by atoms with Gasteiger partial charge in [0.05, 0.1) is 24.9 Å². The van der Waals surface area contributed by atoms with E-state index in [1.807, 2.05) is 0 Å². The van der Waals surface area contributed by atoms with Crippen LogP contribution in [-0.4, -0.2) is 40.2 Å². The predicted octanol–water partition coefficient (Wildman–Crippen LogP) is 4.23. The van der Waals surface area contributed by atoms with Crippen molar-refractivity contribution in [2.45, 2.75) is 33.0 Å². The highest BCUT2D eigenvalue weighted by atomic mass is 35.5. The molecule has 0 aliphatic heterocycles. The van der Waals surface area contributed by atoms with Crippen LogP contribution in [0.4, 0.5) is 8.78 Å². The zero-order valence-electron chi connectivity index (χ0n) is 19.1. The van der Waals surface area contributed by atoms with Crippen molar-refractivity contribution < 1.29 is 37.4 Å². The van der Waals surface area contributed by atoms with Gasteiger partial charge in [-0.3, -0.25) is 4.79 Å². The van der Waals surface area contributed by atoms with Crippen molar-refractivity contribution in [2.24, 2.45) is 5.73 Å². The van der Waals surface area contributed by atoms with Crippen molar-refractivity contribution in [3.05, 3.63) is 59.2 Å². The molecule has 36 heavy (non-hydrogen) atoms. The van der Waals surface area contributed by atoms with Crippen LogP contribution in [0.1, 0.15) is 52.3 Å². The largest absolute Gasteiger partial charge is 0.490 e. The minimum Gasteiger partial charge on any atom is -0.490 e. The molecular weight excluding hydrogens is 525 g/mol. The molecule has 10 nitrogen and oxygen atoms in total. The van der Waals surface area contributed by atoms with Gasteiger partial charge in [-0.1, -0.05) is 6.07 Å². The fraction of sp³-hybridized carbons (Fsp3) is 0.273. The number of amides is 1. The Morgan fingerprint density at radius 2 is 1.89 bits per heavy atom. The van der Waals surface area contributed by atoms with Gasteiger partial charge in [-0.15, -0.1) is 24.8 Å². The highest BCUT2D eigenvalue weighted by Gasteiger charge is 2.24. The average Bonchev–Trinajstić information content (AvgIpc) is 3.25. The Hall–Kier alpha value is -3.48. The second-order valence-corrected chi connectivity index (χ2v) is 7.00. The van der Waals surface area contributed by atoms with Gasteiger partial charge in [-0.2, -0.15) is 8.78 Å². The lowest BCUT2D eigenvalue weighted by atomic mass is 10.2. The molecule has 1 aromatic carbocycles. The molecule has 14 heteroatoms. The first kappa shape index (κ1) is 30.6. The lowest BCUT2D eigenvalue weighted by Crippen LogP contribution is -2.26. The second kappa shape index (κ2) is 13.6. The van der Waals surface area contributed by atoms with Crippen LogP contribution in [-0.2, 0) is 6.54 Å². The molecule has 196 valence electrons. The summed E-state index contributed by atoms with van der Waals surface area (Å²) in [7, 11) is 0. The van der Waals surface area contributed by atoms with Gasteiger partial charge >= 0.3 is 12.6 Å². The summed E-state index contributed by atoms with van der Waals surface area (Å²) >= 11 is 0. The third-order valence-corrected chi connectivity index (χ3v) is 4.44. The van der Waals surface area contributed by atoms with E-state index < -0.39 is 24.5 Å². The molecule has 0 saturated carbocycles. The second-order valence-electron chi connectivity index (χ2n) is 7.00. The normalized spacial score (nSPS) is 11.2. The molecule has 1 atom stereocenters. The Balaban J connectivity index is 0.00000324. The number of nitrogens with zero attached hydrogens (tertiary/aromatic N) is 2. The third kappa shape index (κ3) is 7.51. The summed E-state index contributed by atoms with van der Waals surface area (Å²) in [6, 6.07) is 7.83. The average molecular weight is 549 g/mol. The lowest BCUT2D eigenvalue weighted by Gasteiger charge is -2.11. The summed E-state index contributed by atoms with van der Waals surface area (Å²) in [6.45, 7) is 0.391. The number of nitrogens with one attached hydrogen (secondary N) is 1. The van der Waals surface area contributed by atoms with E-state index in [4.69, 9.17) is 20.0 Å². The van der Waals surface area contributed by atoms with Crippen LogP contribution in [0.3, 0.4) is 0 Å². The number of aromatic nitrogens is 2. The molecule has 3 rings (SSSR count). The number of hydrogen-bond acceptors (Lipinski definition) is 8. The molecule has 3 aromatic rings. The van der Waals surface area contributed by atoms with Gasteiger partial charge in [0.2, 0.25) is 5.89 Å². The Kier molecular flexibility index (Phi) is 11.5. The van der Waals surface area contributed by atoms with E-state index in [1.54, 1.807) is 19.9 Å². The first-order valence-corrected chi connectivity index (χ1v) is 10.1. The van der Waals surface area contributed by atoms with Crippen LogP contribution in [0.5, 0.6) is 11.5 Å². The zero-order valence-corrected chi connectivity index (χ0v) is 20.7. The molecule has 0 radical (unpaired) electrons. The molecule has 1 unspecified atom stereocenters. The van der Waals surface area contributed by atoms with Gasteiger partial charge in [0.1, 0.15) is 5.69 Å². The Morgan fingerprint density at radius 3 is 2.50 bits per heavy atom. The molecule has 2 aromatic heterocycles. The number of halogens is 4. The van der Waals surface area contributed by atoms with E-state index in [-0.39, 0.29) is 72.5 Å². The summed E-state index contributed by atoms with van der Waals surface area (Å²) in [5.74, 6) is -1.79. The van der Waals surface area contributed by atoms with E-state index in [9.17, 15) is 18.4 Å². The molecule has 0 fully saturated rings. The summed E-state index contributed by atoms with van der Waals surface area (Å²) in [6.07, 6.45) is 0. The highest BCUT2D eigenvalue weighted by molar-refractivity contribution is 5.94. The van der Waals surface area contributed by atoms with Crippen LogP contribution >= 0.6 is 24.8 Å². The quantitative estimate of drug-likeness (QED) is 0.338. The van der Waals surface area contributed by atoms with Crippen LogP contribution in [0.15, 0.2) is 40.8 Å². The summed E-state index contributed by atoms with van der Waals surface area (Å²) in [5, 5.41) is 11.6. The molecule has 0 spiro atoms. The number of carboxylic acid groups (broad SMARTS) is 1. The number of carboxylic acids is 1. The summed E-state index contributed by atoms with van der Waals surface area (Å²) in [4.78, 5) is 32.0. The molecule has 2 heterocycles. The molecule has 0 bridgehead atoms. The van der Waals surface area contributed by atoms with E-state index in [1.165, 1.54) is 30.3 Å². The summed E-state index contributed by atoms with van der Waals surface area (Å²) in [5.41, 5.74) is 6.38. The zero-order chi connectivity index (χ0) is 24.8. The molecule has 0 aliphatic rings. The van der Waals surface area contributed by atoms with Crippen LogP contribution in [0.25, 0.3) is 11.5 Å². The first-order valence-electron chi connectivity index (χ1n) is 10.1. The van der Waals surface area contributed by atoms with Crippen molar-refractivity contribution in [3.8, 4) is 23.0 Å². The van der Waals surface area contributed by atoms with Crippen LogP contribution in [0.2, 0.25) is 0 Å². The van der Waals surface area contributed by atoms with Crippen LogP contribution < -0.4 is 20.5 Å². The van der Waals surface area contributed by atoms with E-state index in [2.05, 4.69) is 20.0 Å². The minimum atomic E-state index is -3.03. The topological polar surface area (TPSA) is 150 Å². The highest BCUT2D eigenvalue weighted by Crippen LogP contribution is 2.34. The number of pyridine rings is 1. The van der Waals surface area contributed by atoms with Gasteiger partial charge in [0, 0.05) is 5.56 Å². The van der Waals surface area contributed by atoms with Crippen molar-refractivity contribution in [2.75, 3.05) is 6.61 Å². The smallest absolute Gasteiger partial charge is 0.387 e. The number of ether oxygens (including phenoxy) is 2. The fourth-order valence-electron chi connectivity index (χ4n) is 2.98. The lowest BCUT2D eigenvalue weighted by molar-refractivity contribution is -0.0514. The number of benzene rings is 1. The number of alkyl halides is 2. The van der Waals surface area contributed by atoms with Crippen molar-refractivity contribution in [1.82, 2.24) is 15.3 Å². The van der Waals surface area contributed by atoms with Gasteiger partial charge in [-0.25, -0.2) is 14.8 Å². The predicted molar refractivity (Wildman–Crippen MR) is 129 cm³/mol. The van der Waals surface area contributed by atoms with Crippen molar-refractivity contribution in [1.29, 1.82) is 0 Å². The minimum absolute atomic E-state index is 0. The van der Waals surface area contributed by atoms with Crippen molar-refractivity contribution in [3.63, 3.8) is 0 Å². The maximum atomic E-state index is 12.8. The van der Waals surface area contributed by atoms with E-state index in [0.29, 0.717) is 11.3 Å². The molecule has 4 N–H and O–H groups in total. The number of nitrogens with two attached hydrogens (primary N) is 1. The van der Waals surface area contributed by atoms with Gasteiger partial charge in [0.15, 0.2) is 23.0 Å². The molecule has 1 amide bonds. The number of carbonyl (C=O) groups is 2. The Bertz CT molecular complexity index is 1190. The summed E-state index contributed by atoms with van der Waals surface area (Å²) < 4.78 is 40.8. The number of hydrogen-bond donors (Lipinski definition) is 3.